The number of rotatable bonds is 3. The molecule has 4 nitrogen and oxygen atoms in total. The second kappa shape index (κ2) is 8.22. The third-order valence-electron chi connectivity index (χ3n) is 6.86. The molecule has 7 heteroatoms. The third kappa shape index (κ3) is 3.46. The van der Waals surface area contributed by atoms with Gasteiger partial charge >= 0.3 is 12.1 Å². The lowest BCUT2D eigenvalue weighted by Gasteiger charge is -2.16. The highest BCUT2D eigenvalue weighted by Gasteiger charge is 2.32. The van der Waals surface area contributed by atoms with Crippen molar-refractivity contribution < 1.29 is 22.7 Å². The summed E-state index contributed by atoms with van der Waals surface area (Å²) >= 11 is 0. The number of fused-ring (bicyclic) bond motifs is 3. The summed E-state index contributed by atoms with van der Waals surface area (Å²) in [5, 5.41) is 1.51. The van der Waals surface area contributed by atoms with Crippen molar-refractivity contribution >= 4 is 22.3 Å². The molecule has 0 unspecified atom stereocenters. The van der Waals surface area contributed by atoms with E-state index in [1.165, 1.54) is 6.07 Å². The van der Waals surface area contributed by atoms with Crippen LogP contribution in [0.25, 0.3) is 27.4 Å². The van der Waals surface area contributed by atoms with Gasteiger partial charge in [-0.2, -0.15) is 13.2 Å². The van der Waals surface area contributed by atoms with Crippen LogP contribution in [-0.4, -0.2) is 10.4 Å². The number of pyridine rings is 1. The Morgan fingerprint density at radius 2 is 1.58 bits per heavy atom. The average Bonchev–Trinajstić information content (AvgIpc) is 3.23. The zero-order chi connectivity index (χ0) is 25.0. The largest absolute Gasteiger partial charge is 0.421 e. The minimum atomic E-state index is -4.60. The van der Waals surface area contributed by atoms with Crippen molar-refractivity contribution in [2.45, 2.75) is 31.9 Å². The topological polar surface area (TPSA) is 47.8 Å². The molecule has 0 saturated heterocycles. The van der Waals surface area contributed by atoms with Gasteiger partial charge in [-0.15, -0.1) is 0 Å². The summed E-state index contributed by atoms with van der Waals surface area (Å²) in [6, 6.07) is 18.6. The predicted octanol–water partition coefficient (Wildman–Crippen LogP) is 6.67. The van der Waals surface area contributed by atoms with Crippen molar-refractivity contribution in [1.82, 2.24) is 4.40 Å². The first-order valence-electron chi connectivity index (χ1n) is 11.7. The Labute approximate surface area is 203 Å². The van der Waals surface area contributed by atoms with Crippen LogP contribution in [0.1, 0.15) is 40.0 Å². The number of para-hydroxylation sites is 1. The van der Waals surface area contributed by atoms with E-state index in [-0.39, 0.29) is 22.4 Å². The van der Waals surface area contributed by atoms with Gasteiger partial charge in [0.1, 0.15) is 0 Å². The smallest absolute Gasteiger partial charge is 0.416 e. The number of aromatic nitrogens is 1. The fraction of sp³-hybridized carbons (Fsp3) is 0.172. The number of hydrogen-bond acceptors (Lipinski definition) is 3. The van der Waals surface area contributed by atoms with Gasteiger partial charge in [0, 0.05) is 16.5 Å². The fourth-order valence-electron chi connectivity index (χ4n) is 5.28. The third-order valence-corrected chi connectivity index (χ3v) is 6.86. The van der Waals surface area contributed by atoms with Crippen LogP contribution >= 0.6 is 0 Å². The van der Waals surface area contributed by atoms with Crippen LogP contribution < -0.4 is 10.3 Å². The van der Waals surface area contributed by atoms with E-state index >= 15 is 0 Å². The molecule has 3 aromatic carbocycles. The van der Waals surface area contributed by atoms with Crippen LogP contribution in [0, 0.1) is 0 Å². The van der Waals surface area contributed by atoms with Crippen LogP contribution in [0.15, 0.2) is 77.6 Å². The Hall–Kier alpha value is -4.13. The Kier molecular flexibility index (Phi) is 5.10. The highest BCUT2D eigenvalue weighted by Crippen LogP contribution is 2.41. The van der Waals surface area contributed by atoms with E-state index < -0.39 is 17.7 Å². The first-order chi connectivity index (χ1) is 17.3. The second-order valence-electron chi connectivity index (χ2n) is 9.01. The summed E-state index contributed by atoms with van der Waals surface area (Å²) in [5.74, 6) is -0.902. The Morgan fingerprint density at radius 3 is 2.36 bits per heavy atom. The number of aryl methyl sites for hydroxylation is 2. The van der Waals surface area contributed by atoms with Gasteiger partial charge in [0.05, 0.1) is 22.2 Å². The van der Waals surface area contributed by atoms with Crippen molar-refractivity contribution in [3.05, 3.63) is 106 Å². The average molecular weight is 487 g/mol. The molecule has 0 radical (unpaired) electrons. The summed E-state index contributed by atoms with van der Waals surface area (Å²) < 4.78 is 47.3. The predicted molar refractivity (Wildman–Crippen MR) is 131 cm³/mol. The van der Waals surface area contributed by atoms with Gasteiger partial charge < -0.3 is 4.74 Å². The van der Waals surface area contributed by atoms with Crippen LogP contribution in [0.5, 0.6) is 5.75 Å². The molecule has 0 aliphatic heterocycles. The molecular formula is C29H20F3NO3. The Balaban J connectivity index is 1.61. The summed E-state index contributed by atoms with van der Waals surface area (Å²) in [6.45, 7) is 0. The van der Waals surface area contributed by atoms with Crippen LogP contribution in [-0.2, 0) is 19.0 Å². The van der Waals surface area contributed by atoms with Gasteiger partial charge in [0.2, 0.25) is 0 Å². The van der Waals surface area contributed by atoms with Crippen molar-refractivity contribution in [2.24, 2.45) is 0 Å². The number of ether oxygens (including phenoxy) is 1. The molecule has 0 saturated carbocycles. The van der Waals surface area contributed by atoms with E-state index in [0.29, 0.717) is 16.5 Å². The van der Waals surface area contributed by atoms with Gasteiger partial charge in [0.15, 0.2) is 5.75 Å². The number of nitrogens with zero attached hydrogens (tertiary/aromatic N) is 1. The molecule has 1 aliphatic rings. The van der Waals surface area contributed by atoms with Gasteiger partial charge in [-0.3, -0.25) is 9.20 Å². The summed E-state index contributed by atoms with van der Waals surface area (Å²) in [7, 11) is 0. The van der Waals surface area contributed by atoms with Crippen LogP contribution in [0.2, 0.25) is 0 Å². The molecule has 0 fully saturated rings. The first kappa shape index (κ1) is 22.3. The summed E-state index contributed by atoms with van der Waals surface area (Å²) in [6.07, 6.45) is -0.960. The van der Waals surface area contributed by atoms with E-state index in [2.05, 4.69) is 0 Å². The van der Waals surface area contributed by atoms with Crippen LogP contribution in [0.3, 0.4) is 0 Å². The standard InChI is InChI=1S/C29H20F3NO3/c30-29(31,32)19-11-6-10-18(16-19)28(35)36-26-22-14-7-13-21-20-12-4-5-15-23(20)33(25(21)22)27(34)24(26)17-8-2-1-3-9-17/h1-3,6-11,13-14,16H,4-5,12,15H2. The minimum Gasteiger partial charge on any atom is -0.421 e. The maximum atomic E-state index is 14.0. The number of halogens is 3. The summed E-state index contributed by atoms with van der Waals surface area (Å²) in [5.41, 5.74) is 2.06. The maximum Gasteiger partial charge on any atom is 0.416 e. The van der Waals surface area contributed by atoms with Crippen molar-refractivity contribution in [3.63, 3.8) is 0 Å². The molecule has 0 bridgehead atoms. The van der Waals surface area contributed by atoms with Crippen molar-refractivity contribution in [3.8, 4) is 16.9 Å². The van der Waals surface area contributed by atoms with E-state index in [0.717, 1.165) is 60.5 Å². The molecule has 1 aliphatic carbocycles. The molecule has 5 aromatic rings. The number of carbonyl (C=O) groups excluding carboxylic acids is 1. The van der Waals surface area contributed by atoms with Gasteiger partial charge in [-0.1, -0.05) is 48.5 Å². The number of carbonyl (C=O) groups is 1. The molecule has 6 rings (SSSR count). The highest BCUT2D eigenvalue weighted by atomic mass is 19.4. The number of hydrogen-bond donors (Lipinski definition) is 0. The molecule has 0 atom stereocenters. The number of alkyl halides is 3. The van der Waals surface area contributed by atoms with Crippen molar-refractivity contribution in [1.29, 1.82) is 0 Å². The van der Waals surface area contributed by atoms with E-state index in [9.17, 15) is 22.8 Å². The van der Waals surface area contributed by atoms with Gasteiger partial charge in [-0.05, 0) is 61.1 Å². The highest BCUT2D eigenvalue weighted by molar-refractivity contribution is 6.06. The molecule has 0 N–H and O–H groups in total. The Morgan fingerprint density at radius 1 is 0.861 bits per heavy atom. The maximum absolute atomic E-state index is 14.0. The lowest BCUT2D eigenvalue weighted by molar-refractivity contribution is -0.137. The van der Waals surface area contributed by atoms with Crippen LogP contribution in [0.4, 0.5) is 13.2 Å². The lowest BCUT2D eigenvalue weighted by Crippen LogP contribution is -2.21. The molecule has 0 spiro atoms. The molecule has 0 amide bonds. The molecule has 2 heterocycles. The van der Waals surface area contributed by atoms with Gasteiger partial charge in [0.25, 0.3) is 5.56 Å². The quantitative estimate of drug-likeness (QED) is 0.267. The second-order valence-corrected chi connectivity index (χ2v) is 9.01. The SMILES string of the molecule is O=C(Oc1c(-c2ccccc2)c(=O)n2c3c(c4cccc1c42)CCCC3)c1cccc(C(F)(F)F)c1. The number of benzene rings is 3. The molecule has 36 heavy (non-hydrogen) atoms. The molecular weight excluding hydrogens is 467 g/mol. The Bertz CT molecular complexity index is 1690. The van der Waals surface area contributed by atoms with E-state index in [1.54, 1.807) is 34.7 Å². The lowest BCUT2D eigenvalue weighted by atomic mass is 9.95. The summed E-state index contributed by atoms with van der Waals surface area (Å²) in [4.78, 5) is 27.2. The normalized spacial score (nSPS) is 13.8. The van der Waals surface area contributed by atoms with Crippen molar-refractivity contribution in [2.75, 3.05) is 0 Å². The zero-order valence-corrected chi connectivity index (χ0v) is 19.1. The zero-order valence-electron chi connectivity index (χ0n) is 19.1. The van der Waals surface area contributed by atoms with E-state index in [4.69, 9.17) is 4.74 Å². The van der Waals surface area contributed by atoms with E-state index in [1.807, 2.05) is 18.2 Å². The first-order valence-corrected chi connectivity index (χ1v) is 11.7. The fourth-order valence-corrected chi connectivity index (χ4v) is 5.28. The molecule has 180 valence electrons. The molecule has 2 aromatic heterocycles. The minimum absolute atomic E-state index is 0.0570. The monoisotopic (exact) mass is 487 g/mol. The van der Waals surface area contributed by atoms with Gasteiger partial charge in [-0.25, -0.2) is 4.79 Å². The number of esters is 1.